The van der Waals surface area contributed by atoms with Gasteiger partial charge in [0.1, 0.15) is 0 Å². The zero-order chi connectivity index (χ0) is 17.9. The molecule has 1 aromatic heterocycles. The molecular weight excluding hydrogens is 354 g/mol. The third-order valence-electron chi connectivity index (χ3n) is 5.70. The molecule has 3 saturated heterocycles. The Balaban J connectivity index is 1.21. The van der Waals surface area contributed by atoms with Gasteiger partial charge in [0.25, 0.3) is 0 Å². The van der Waals surface area contributed by atoms with Crippen LogP contribution in [0.1, 0.15) is 38.5 Å². The molecule has 0 bridgehead atoms. The van der Waals surface area contributed by atoms with Crippen molar-refractivity contribution in [2.75, 3.05) is 31.1 Å². The van der Waals surface area contributed by atoms with Crippen LogP contribution in [0.25, 0.3) is 0 Å². The summed E-state index contributed by atoms with van der Waals surface area (Å²) in [5, 5.41) is 13.6. The highest BCUT2D eigenvalue weighted by molar-refractivity contribution is 6.29. The second-order valence-electron chi connectivity index (χ2n) is 7.47. The van der Waals surface area contributed by atoms with Gasteiger partial charge in [0.2, 0.25) is 5.91 Å². The molecule has 3 fully saturated rings. The molecule has 142 valence electrons. The summed E-state index contributed by atoms with van der Waals surface area (Å²) in [6.45, 7) is 3.27. The second kappa shape index (κ2) is 8.06. The van der Waals surface area contributed by atoms with Gasteiger partial charge in [-0.05, 0) is 44.2 Å². The van der Waals surface area contributed by atoms with Crippen LogP contribution in [-0.2, 0) is 9.63 Å². The summed E-state index contributed by atoms with van der Waals surface area (Å²) in [6.07, 6.45) is 6.55. The van der Waals surface area contributed by atoms with Crippen molar-refractivity contribution >= 4 is 23.3 Å². The fourth-order valence-corrected chi connectivity index (χ4v) is 4.31. The fourth-order valence-electron chi connectivity index (χ4n) is 4.21. The zero-order valence-electron chi connectivity index (χ0n) is 14.9. The third kappa shape index (κ3) is 4.10. The van der Waals surface area contributed by atoms with Crippen LogP contribution in [0.3, 0.4) is 0 Å². The van der Waals surface area contributed by atoms with E-state index in [9.17, 15) is 4.79 Å². The number of aromatic nitrogens is 2. The monoisotopic (exact) mass is 379 g/mol. The lowest BCUT2D eigenvalue weighted by atomic mass is 9.95. The van der Waals surface area contributed by atoms with Crippen molar-refractivity contribution in [3.05, 3.63) is 17.3 Å². The van der Waals surface area contributed by atoms with Crippen LogP contribution in [0.15, 0.2) is 12.1 Å². The number of nitrogens with one attached hydrogen (secondary N) is 1. The number of hydrogen-bond acceptors (Lipinski definition) is 6. The Morgan fingerprint density at radius 2 is 2.04 bits per heavy atom. The average molecular weight is 380 g/mol. The summed E-state index contributed by atoms with van der Waals surface area (Å²) in [4.78, 5) is 20.6. The molecule has 26 heavy (non-hydrogen) atoms. The van der Waals surface area contributed by atoms with E-state index in [2.05, 4.69) is 25.5 Å². The lowest BCUT2D eigenvalue weighted by Gasteiger charge is -2.32. The van der Waals surface area contributed by atoms with Gasteiger partial charge in [0, 0.05) is 38.1 Å². The van der Waals surface area contributed by atoms with Gasteiger partial charge >= 0.3 is 0 Å². The number of nitrogens with zero attached hydrogens (tertiary/aromatic N) is 4. The van der Waals surface area contributed by atoms with Gasteiger partial charge in [0.15, 0.2) is 11.0 Å². The van der Waals surface area contributed by atoms with Crippen molar-refractivity contribution in [2.24, 2.45) is 5.92 Å². The van der Waals surface area contributed by atoms with E-state index in [0.717, 1.165) is 44.7 Å². The minimum Gasteiger partial charge on any atom is -0.355 e. The number of hydrogen-bond donors (Lipinski definition) is 1. The Kier molecular flexibility index (Phi) is 5.57. The molecule has 0 aliphatic carbocycles. The van der Waals surface area contributed by atoms with E-state index >= 15 is 0 Å². The Morgan fingerprint density at radius 1 is 1.19 bits per heavy atom. The summed E-state index contributed by atoms with van der Waals surface area (Å²) in [7, 11) is 0. The first-order chi connectivity index (χ1) is 12.7. The first-order valence-corrected chi connectivity index (χ1v) is 10.0. The number of piperidine rings is 2. The summed E-state index contributed by atoms with van der Waals surface area (Å²) in [5.41, 5.74) is 0. The highest BCUT2D eigenvalue weighted by Gasteiger charge is 2.35. The van der Waals surface area contributed by atoms with E-state index in [0.29, 0.717) is 17.7 Å². The number of fused-ring (bicyclic) bond motifs is 1. The van der Waals surface area contributed by atoms with Crippen LogP contribution in [0.2, 0.25) is 5.15 Å². The molecule has 0 spiro atoms. The molecule has 0 aromatic carbocycles. The molecule has 3 aliphatic rings. The summed E-state index contributed by atoms with van der Waals surface area (Å²) < 4.78 is 0. The van der Waals surface area contributed by atoms with Gasteiger partial charge in [-0.15, -0.1) is 10.2 Å². The molecule has 0 saturated carbocycles. The summed E-state index contributed by atoms with van der Waals surface area (Å²) >= 11 is 5.79. The Bertz CT molecular complexity index is 607. The smallest absolute Gasteiger partial charge is 0.223 e. The molecule has 8 heteroatoms. The average Bonchev–Trinajstić information content (AvgIpc) is 3.10. The number of anilines is 1. The highest BCUT2D eigenvalue weighted by Crippen LogP contribution is 2.29. The van der Waals surface area contributed by atoms with E-state index in [4.69, 9.17) is 16.4 Å². The minimum absolute atomic E-state index is 0.0653. The number of rotatable bonds is 4. The van der Waals surface area contributed by atoms with Crippen LogP contribution >= 0.6 is 11.6 Å². The van der Waals surface area contributed by atoms with Crippen LogP contribution in [0.5, 0.6) is 0 Å². The van der Waals surface area contributed by atoms with Gasteiger partial charge in [-0.1, -0.05) is 18.0 Å². The van der Waals surface area contributed by atoms with Crippen molar-refractivity contribution in [3.63, 3.8) is 0 Å². The van der Waals surface area contributed by atoms with E-state index in [1.807, 2.05) is 6.07 Å². The number of halogens is 1. The van der Waals surface area contributed by atoms with E-state index < -0.39 is 0 Å². The molecule has 4 rings (SSSR count). The number of hydroxylamine groups is 2. The first-order valence-electron chi connectivity index (χ1n) is 9.64. The first kappa shape index (κ1) is 17.9. The fraction of sp³-hybridized carbons (Fsp3) is 0.722. The predicted molar refractivity (Wildman–Crippen MR) is 98.8 cm³/mol. The van der Waals surface area contributed by atoms with E-state index in [1.54, 1.807) is 6.07 Å². The molecule has 0 unspecified atom stereocenters. The van der Waals surface area contributed by atoms with Crippen LogP contribution in [-0.4, -0.2) is 59.5 Å². The molecule has 1 N–H and O–H groups in total. The van der Waals surface area contributed by atoms with E-state index in [-0.39, 0.29) is 17.9 Å². The lowest BCUT2D eigenvalue weighted by molar-refractivity contribution is -0.170. The molecule has 1 amide bonds. The third-order valence-corrected chi connectivity index (χ3v) is 5.91. The maximum absolute atomic E-state index is 12.5. The summed E-state index contributed by atoms with van der Waals surface area (Å²) in [6, 6.07) is 4.18. The number of carbonyl (C=O) groups is 1. The topological polar surface area (TPSA) is 70.6 Å². The Hall–Kier alpha value is -1.44. The standard InChI is InChI=1S/C18H26ClN5O2/c19-16-4-5-17(22-21-16)23-9-6-13(7-10-23)18(25)20-12-15-11-14-3-1-2-8-24(14)26-15/h4-5,13-15H,1-3,6-12H2,(H,20,25)/t14-,15+/m0/s1. The van der Waals surface area contributed by atoms with Gasteiger partial charge in [-0.25, -0.2) is 0 Å². The zero-order valence-corrected chi connectivity index (χ0v) is 15.7. The molecular formula is C18H26ClN5O2. The van der Waals surface area contributed by atoms with Crippen molar-refractivity contribution < 1.29 is 9.63 Å². The van der Waals surface area contributed by atoms with Crippen LogP contribution in [0, 0.1) is 5.92 Å². The molecule has 7 nitrogen and oxygen atoms in total. The second-order valence-corrected chi connectivity index (χ2v) is 7.86. The highest BCUT2D eigenvalue weighted by atomic mass is 35.5. The van der Waals surface area contributed by atoms with Crippen molar-refractivity contribution in [3.8, 4) is 0 Å². The molecule has 2 atom stereocenters. The Morgan fingerprint density at radius 3 is 2.77 bits per heavy atom. The normalized spacial score (nSPS) is 27.3. The van der Waals surface area contributed by atoms with Gasteiger partial charge < -0.3 is 10.2 Å². The summed E-state index contributed by atoms with van der Waals surface area (Å²) in [5.74, 6) is 1.04. The minimum atomic E-state index is 0.0653. The maximum Gasteiger partial charge on any atom is 0.223 e. The number of amides is 1. The molecule has 4 heterocycles. The van der Waals surface area contributed by atoms with Crippen LogP contribution in [0.4, 0.5) is 5.82 Å². The molecule has 3 aliphatic heterocycles. The van der Waals surface area contributed by atoms with Gasteiger partial charge in [-0.2, -0.15) is 5.06 Å². The van der Waals surface area contributed by atoms with Crippen LogP contribution < -0.4 is 10.2 Å². The van der Waals surface area contributed by atoms with Crippen molar-refractivity contribution in [2.45, 2.75) is 50.7 Å². The van der Waals surface area contributed by atoms with Gasteiger partial charge in [-0.3, -0.25) is 9.63 Å². The van der Waals surface area contributed by atoms with Crippen molar-refractivity contribution in [1.29, 1.82) is 0 Å². The Labute approximate surface area is 159 Å². The molecule has 0 radical (unpaired) electrons. The van der Waals surface area contributed by atoms with Gasteiger partial charge in [0.05, 0.1) is 6.10 Å². The largest absolute Gasteiger partial charge is 0.355 e. The molecule has 1 aromatic rings. The van der Waals surface area contributed by atoms with E-state index in [1.165, 1.54) is 19.3 Å². The lowest BCUT2D eigenvalue weighted by Crippen LogP contribution is -2.42. The SMILES string of the molecule is O=C(NC[C@H]1C[C@@H]2CCCCN2O1)C1CCN(c2ccc(Cl)nn2)CC1. The number of carbonyl (C=O) groups excluding carboxylic acids is 1. The quantitative estimate of drug-likeness (QED) is 0.863. The maximum atomic E-state index is 12.5. The van der Waals surface area contributed by atoms with Crippen molar-refractivity contribution in [1.82, 2.24) is 20.6 Å². The predicted octanol–water partition coefficient (Wildman–Crippen LogP) is 2.02.